The lowest BCUT2D eigenvalue weighted by molar-refractivity contribution is -0.131. The molecule has 0 saturated carbocycles. The number of carbonyl (C=O) groups is 2. The number of carbonyl (C=O) groups excluding carboxylic acids is 2. The predicted octanol–water partition coefficient (Wildman–Crippen LogP) is 5.46. The fraction of sp³-hybridized carbons (Fsp3) is 0.481. The Labute approximate surface area is 215 Å². The first-order valence-electron chi connectivity index (χ1n) is 12.4. The fourth-order valence-electron chi connectivity index (χ4n) is 3.85. The summed E-state index contributed by atoms with van der Waals surface area (Å²) in [4.78, 5) is 23.4. The fourth-order valence-corrected chi connectivity index (χ4v) is 6.46. The maximum atomic E-state index is 12.3. The zero-order chi connectivity index (χ0) is 26.6. The van der Waals surface area contributed by atoms with Gasteiger partial charge in [0, 0.05) is 44.7 Å². The molecule has 2 rings (SSSR count). The SMILES string of the molecule is CCO[Si](CCCNC(=O)Oc1ccc(C(C)(C)c2ccc(OC(C)=O)cc2)cc1)(OCC)OCC. The largest absolute Gasteiger partial charge is 0.500 e. The van der Waals surface area contributed by atoms with E-state index >= 15 is 0 Å². The Bertz CT molecular complexity index is 944. The van der Waals surface area contributed by atoms with Crippen LogP contribution in [-0.2, 0) is 23.5 Å². The molecule has 8 nitrogen and oxygen atoms in total. The lowest BCUT2D eigenvalue weighted by atomic mass is 9.78. The Hall–Kier alpha value is -2.72. The van der Waals surface area contributed by atoms with E-state index in [9.17, 15) is 9.59 Å². The molecule has 0 spiro atoms. The van der Waals surface area contributed by atoms with Gasteiger partial charge in [-0.05, 0) is 62.6 Å². The minimum atomic E-state index is -2.72. The van der Waals surface area contributed by atoms with Crippen LogP contribution in [-0.4, -0.2) is 47.2 Å². The molecule has 0 fully saturated rings. The molecule has 0 bridgehead atoms. The van der Waals surface area contributed by atoms with Crippen LogP contribution >= 0.6 is 0 Å². The molecule has 0 unspecified atom stereocenters. The highest BCUT2D eigenvalue weighted by molar-refractivity contribution is 6.60. The monoisotopic (exact) mass is 517 g/mol. The first-order chi connectivity index (χ1) is 17.2. The highest BCUT2D eigenvalue weighted by Gasteiger charge is 2.39. The molecule has 0 saturated heterocycles. The number of hydrogen-bond acceptors (Lipinski definition) is 7. The molecule has 0 atom stereocenters. The molecule has 0 heterocycles. The summed E-state index contributed by atoms with van der Waals surface area (Å²) in [5, 5.41) is 2.78. The lowest BCUT2D eigenvalue weighted by Crippen LogP contribution is -2.46. The van der Waals surface area contributed by atoms with Crippen LogP contribution in [0.1, 0.15) is 59.1 Å². The summed E-state index contributed by atoms with van der Waals surface area (Å²) in [6, 6.07) is 15.5. The molecular weight excluding hydrogens is 478 g/mol. The van der Waals surface area contributed by atoms with E-state index in [0.717, 1.165) is 11.1 Å². The molecule has 0 aliphatic rings. The van der Waals surface area contributed by atoms with Crippen LogP contribution in [0.25, 0.3) is 0 Å². The second-order valence-corrected chi connectivity index (χ2v) is 11.4. The summed E-state index contributed by atoms with van der Waals surface area (Å²) in [6.45, 7) is 13.3. The maximum absolute atomic E-state index is 12.3. The highest BCUT2D eigenvalue weighted by Crippen LogP contribution is 2.33. The van der Waals surface area contributed by atoms with Crippen molar-refractivity contribution in [2.24, 2.45) is 0 Å². The Kier molecular flexibility index (Phi) is 11.6. The van der Waals surface area contributed by atoms with Crippen molar-refractivity contribution in [3.8, 4) is 11.5 Å². The van der Waals surface area contributed by atoms with Crippen molar-refractivity contribution in [3.63, 3.8) is 0 Å². The van der Waals surface area contributed by atoms with E-state index in [1.54, 1.807) is 24.3 Å². The molecular formula is C27H39NO7Si. The van der Waals surface area contributed by atoms with Gasteiger partial charge in [0.05, 0.1) is 0 Å². The summed E-state index contributed by atoms with van der Waals surface area (Å²) < 4.78 is 28.1. The minimum absolute atomic E-state index is 0.298. The summed E-state index contributed by atoms with van der Waals surface area (Å²) in [7, 11) is -2.72. The smallest absolute Gasteiger partial charge is 0.427 e. The zero-order valence-corrected chi connectivity index (χ0v) is 23.2. The molecule has 0 aliphatic carbocycles. The number of amides is 1. The third kappa shape index (κ3) is 8.74. The van der Waals surface area contributed by atoms with Gasteiger partial charge in [-0.3, -0.25) is 4.79 Å². The summed E-state index contributed by atoms with van der Waals surface area (Å²) in [6.07, 6.45) is 0.143. The molecule has 1 N–H and O–H groups in total. The second kappa shape index (κ2) is 14.1. The van der Waals surface area contributed by atoms with Crippen molar-refractivity contribution >= 4 is 20.9 Å². The van der Waals surface area contributed by atoms with Crippen molar-refractivity contribution in [2.75, 3.05) is 26.4 Å². The first kappa shape index (κ1) is 29.5. The van der Waals surface area contributed by atoms with Crippen molar-refractivity contribution in [2.45, 2.75) is 59.4 Å². The number of benzene rings is 2. The molecule has 36 heavy (non-hydrogen) atoms. The van der Waals surface area contributed by atoms with E-state index in [-0.39, 0.29) is 11.4 Å². The number of esters is 1. The average Bonchev–Trinajstić information content (AvgIpc) is 2.83. The van der Waals surface area contributed by atoms with E-state index < -0.39 is 14.9 Å². The normalized spacial score (nSPS) is 11.7. The third-order valence-electron chi connectivity index (χ3n) is 5.65. The second-order valence-electron chi connectivity index (χ2n) is 8.67. The van der Waals surface area contributed by atoms with Crippen LogP contribution in [0.4, 0.5) is 4.79 Å². The van der Waals surface area contributed by atoms with Gasteiger partial charge in [-0.2, -0.15) is 0 Å². The number of ether oxygens (including phenoxy) is 2. The Morgan fingerprint density at radius 2 is 1.22 bits per heavy atom. The third-order valence-corrected chi connectivity index (χ3v) is 8.80. The molecule has 0 aromatic heterocycles. The van der Waals surface area contributed by atoms with E-state index in [2.05, 4.69) is 19.2 Å². The van der Waals surface area contributed by atoms with Gasteiger partial charge >= 0.3 is 20.9 Å². The number of rotatable bonds is 14. The van der Waals surface area contributed by atoms with Crippen LogP contribution in [0.15, 0.2) is 48.5 Å². The molecule has 198 valence electrons. The minimum Gasteiger partial charge on any atom is -0.427 e. The quantitative estimate of drug-likeness (QED) is 0.154. The van der Waals surface area contributed by atoms with Crippen molar-refractivity contribution < 1.29 is 32.3 Å². The van der Waals surface area contributed by atoms with Gasteiger partial charge in [0.25, 0.3) is 0 Å². The van der Waals surface area contributed by atoms with Gasteiger partial charge in [-0.1, -0.05) is 38.1 Å². The average molecular weight is 518 g/mol. The van der Waals surface area contributed by atoms with E-state index in [0.29, 0.717) is 50.3 Å². The summed E-state index contributed by atoms with van der Waals surface area (Å²) in [5.41, 5.74) is 1.82. The molecule has 0 radical (unpaired) electrons. The van der Waals surface area contributed by atoms with Gasteiger partial charge in [-0.25, -0.2) is 4.79 Å². The van der Waals surface area contributed by atoms with Gasteiger partial charge in [0.15, 0.2) is 0 Å². The highest BCUT2D eigenvalue weighted by atomic mass is 28.4. The molecule has 2 aromatic carbocycles. The van der Waals surface area contributed by atoms with Gasteiger partial charge in [0.2, 0.25) is 0 Å². The molecule has 9 heteroatoms. The topological polar surface area (TPSA) is 92.3 Å². The van der Waals surface area contributed by atoms with Crippen LogP contribution < -0.4 is 14.8 Å². The Morgan fingerprint density at radius 3 is 1.64 bits per heavy atom. The Balaban J connectivity index is 1.90. The first-order valence-corrected chi connectivity index (χ1v) is 14.4. The van der Waals surface area contributed by atoms with Crippen molar-refractivity contribution in [1.29, 1.82) is 0 Å². The van der Waals surface area contributed by atoms with Gasteiger partial charge in [-0.15, -0.1) is 0 Å². The summed E-state index contributed by atoms with van der Waals surface area (Å²) in [5.74, 6) is 0.621. The zero-order valence-electron chi connectivity index (χ0n) is 22.2. The van der Waals surface area contributed by atoms with E-state index in [4.69, 9.17) is 22.8 Å². The van der Waals surface area contributed by atoms with E-state index in [1.165, 1.54) is 6.92 Å². The van der Waals surface area contributed by atoms with Crippen molar-refractivity contribution in [3.05, 3.63) is 59.7 Å². The lowest BCUT2D eigenvalue weighted by Gasteiger charge is -2.28. The molecule has 0 aliphatic heterocycles. The van der Waals surface area contributed by atoms with Crippen molar-refractivity contribution in [1.82, 2.24) is 5.32 Å². The van der Waals surface area contributed by atoms with Crippen LogP contribution in [0.5, 0.6) is 11.5 Å². The number of hydrogen-bond donors (Lipinski definition) is 1. The van der Waals surface area contributed by atoms with Gasteiger partial charge < -0.3 is 28.1 Å². The maximum Gasteiger partial charge on any atom is 0.500 e. The predicted molar refractivity (Wildman–Crippen MR) is 140 cm³/mol. The van der Waals surface area contributed by atoms with Crippen LogP contribution in [0.2, 0.25) is 6.04 Å². The van der Waals surface area contributed by atoms with E-state index in [1.807, 2.05) is 45.0 Å². The van der Waals surface area contributed by atoms with Crippen LogP contribution in [0, 0.1) is 0 Å². The van der Waals surface area contributed by atoms with Gasteiger partial charge in [0.1, 0.15) is 11.5 Å². The molecule has 2 aromatic rings. The number of nitrogens with one attached hydrogen (secondary N) is 1. The standard InChI is InChI=1S/C27H39NO7Si/c1-7-31-36(32-8-2,33-9-3)20-10-19-28-26(30)35-25-17-13-23(14-18-25)27(5,6)22-11-15-24(16-12-22)34-21(4)29/h11-18H,7-10,19-20H2,1-6H3,(H,28,30). The summed E-state index contributed by atoms with van der Waals surface area (Å²) >= 11 is 0. The Morgan fingerprint density at radius 1 is 0.778 bits per heavy atom. The molecule has 1 amide bonds. The van der Waals surface area contributed by atoms with Crippen LogP contribution in [0.3, 0.4) is 0 Å².